The van der Waals surface area contributed by atoms with Gasteiger partial charge in [-0.2, -0.15) is 0 Å². The van der Waals surface area contributed by atoms with Crippen LogP contribution in [0.3, 0.4) is 0 Å². The van der Waals surface area contributed by atoms with Gasteiger partial charge in [-0.15, -0.1) is 0 Å². The summed E-state index contributed by atoms with van der Waals surface area (Å²) in [6.45, 7) is 2.20. The van der Waals surface area contributed by atoms with Gasteiger partial charge in [0, 0.05) is 9.47 Å². The lowest BCUT2D eigenvalue weighted by molar-refractivity contribution is 0.0956. The maximum absolute atomic E-state index is 10.4. The maximum atomic E-state index is 10.4. The Balaban J connectivity index is 1.81. The van der Waals surface area contributed by atoms with Gasteiger partial charge in [0.25, 0.3) is 0 Å². The molecule has 0 bridgehead atoms. The molecule has 0 saturated heterocycles. The third-order valence-electron chi connectivity index (χ3n) is 5.93. The highest BCUT2D eigenvalue weighted by Gasteiger charge is 2.40. The van der Waals surface area contributed by atoms with Crippen LogP contribution in [0.15, 0.2) is 42.5 Å². The van der Waals surface area contributed by atoms with E-state index in [2.05, 4.69) is 52.8 Å². The second-order valence-corrected chi connectivity index (χ2v) is 8.18. The summed E-state index contributed by atoms with van der Waals surface area (Å²) >= 11 is 0. The molecule has 0 heterocycles. The van der Waals surface area contributed by atoms with Crippen LogP contribution in [0.4, 0.5) is 0 Å². The second-order valence-electron chi connectivity index (χ2n) is 7.91. The van der Waals surface area contributed by atoms with Gasteiger partial charge in [0.1, 0.15) is 0 Å². The van der Waals surface area contributed by atoms with Gasteiger partial charge in [0.15, 0.2) is 0 Å². The van der Waals surface area contributed by atoms with E-state index in [1.54, 1.807) is 0 Å². The highest BCUT2D eigenvalue weighted by molar-refractivity contribution is 7.09. The Bertz CT molecular complexity index is 534. The molecular weight excluding hydrogens is 355 g/mol. The van der Waals surface area contributed by atoms with Crippen molar-refractivity contribution in [2.24, 2.45) is 11.8 Å². The lowest BCUT2D eigenvalue weighted by Gasteiger charge is -2.24. The Morgan fingerprint density at radius 1 is 1.11 bits per heavy atom. The fraction of sp³-hybridized carbons (Fsp3) is 0.652. The summed E-state index contributed by atoms with van der Waals surface area (Å²) < 4.78 is 5.61. The summed E-state index contributed by atoms with van der Waals surface area (Å²) in [7, 11) is 2.40. The van der Waals surface area contributed by atoms with E-state index >= 15 is 0 Å². The first-order valence-electron chi connectivity index (χ1n) is 10.6. The molecule has 1 aliphatic carbocycles. The molecule has 3 nitrogen and oxygen atoms in total. The molecule has 1 saturated carbocycles. The summed E-state index contributed by atoms with van der Waals surface area (Å²) in [6, 6.07) is 10.5. The summed E-state index contributed by atoms with van der Waals surface area (Å²) in [5, 5.41) is 20.8. The number of rotatable bonds is 12. The van der Waals surface area contributed by atoms with Crippen LogP contribution in [0.1, 0.15) is 63.9 Å². The normalized spacial score (nSPS) is 26.7. The minimum atomic E-state index is -0.395. The van der Waals surface area contributed by atoms with Gasteiger partial charge in [0.05, 0.1) is 18.3 Å². The topological polar surface area (TPSA) is 49.7 Å². The van der Waals surface area contributed by atoms with Crippen molar-refractivity contribution in [3.05, 3.63) is 48.0 Å². The number of aliphatic hydroxyl groups excluding tert-OH is 2. The molecule has 1 aromatic carbocycles. The predicted molar refractivity (Wildman–Crippen MR) is 115 cm³/mol. The third kappa shape index (κ3) is 7.66. The van der Waals surface area contributed by atoms with E-state index in [4.69, 9.17) is 4.52 Å². The highest BCUT2D eigenvalue weighted by atomic mass is 31.0. The molecule has 0 radical (unpaired) electrons. The van der Waals surface area contributed by atoms with Crippen molar-refractivity contribution < 1.29 is 14.7 Å². The molecule has 0 spiro atoms. The van der Waals surface area contributed by atoms with E-state index in [9.17, 15) is 10.2 Å². The first-order chi connectivity index (χ1) is 13.2. The predicted octanol–water partition coefficient (Wildman–Crippen LogP) is 5.07. The number of aliphatic hydroxyl groups is 2. The average molecular weight is 393 g/mol. The van der Waals surface area contributed by atoms with Crippen molar-refractivity contribution in [3.8, 4) is 0 Å². The van der Waals surface area contributed by atoms with Crippen molar-refractivity contribution in [3.63, 3.8) is 0 Å². The first-order valence-corrected chi connectivity index (χ1v) is 11.0. The van der Waals surface area contributed by atoms with Crippen LogP contribution in [0.5, 0.6) is 0 Å². The van der Waals surface area contributed by atoms with E-state index in [0.717, 1.165) is 38.5 Å². The summed E-state index contributed by atoms with van der Waals surface area (Å²) in [6.07, 6.45) is 12.5. The van der Waals surface area contributed by atoms with Crippen molar-refractivity contribution in [1.29, 1.82) is 0 Å². The minimum Gasteiger partial charge on any atom is -0.393 e. The van der Waals surface area contributed by atoms with Crippen LogP contribution in [-0.4, -0.2) is 28.5 Å². The molecule has 0 amide bonds. The Hall–Kier alpha value is -0.730. The number of allylic oxidation sites excluding steroid dienone is 2. The Kier molecular flexibility index (Phi) is 10.6. The van der Waals surface area contributed by atoms with Crippen LogP contribution in [-0.2, 0) is 10.9 Å². The maximum Gasteiger partial charge on any atom is 0.0614 e. The molecule has 4 heteroatoms. The van der Waals surface area contributed by atoms with Gasteiger partial charge in [-0.25, -0.2) is 0 Å². The monoisotopic (exact) mass is 392 g/mol. The van der Waals surface area contributed by atoms with Crippen LogP contribution in [0.2, 0.25) is 0 Å². The molecule has 0 aromatic heterocycles. The van der Waals surface area contributed by atoms with E-state index in [-0.39, 0.29) is 24.0 Å². The van der Waals surface area contributed by atoms with E-state index in [1.165, 1.54) is 18.4 Å². The summed E-state index contributed by atoms with van der Waals surface area (Å²) in [5.74, 6) is 0.326. The van der Waals surface area contributed by atoms with Gasteiger partial charge >= 0.3 is 0 Å². The van der Waals surface area contributed by atoms with E-state index in [1.807, 2.05) is 6.07 Å². The fourth-order valence-corrected chi connectivity index (χ4v) is 4.50. The van der Waals surface area contributed by atoms with Crippen LogP contribution < -0.4 is 0 Å². The lowest BCUT2D eigenvalue weighted by atomic mass is 9.85. The van der Waals surface area contributed by atoms with Gasteiger partial charge in [-0.1, -0.05) is 62.2 Å². The van der Waals surface area contributed by atoms with E-state index < -0.39 is 6.10 Å². The number of aryl methyl sites for hydroxylation is 1. The molecule has 1 aromatic rings. The van der Waals surface area contributed by atoms with Gasteiger partial charge in [-0.05, 0) is 62.3 Å². The molecule has 2 N–H and O–H groups in total. The molecule has 6 unspecified atom stereocenters. The fourth-order valence-electron chi connectivity index (χ4n) is 4.23. The zero-order chi connectivity index (χ0) is 19.5. The third-order valence-corrected chi connectivity index (χ3v) is 6.32. The van der Waals surface area contributed by atoms with Crippen molar-refractivity contribution in [2.75, 3.05) is 0 Å². The lowest BCUT2D eigenvalue weighted by Crippen LogP contribution is -2.23. The number of benzene rings is 1. The molecule has 1 aliphatic rings. The smallest absolute Gasteiger partial charge is 0.0614 e. The summed E-state index contributed by atoms with van der Waals surface area (Å²) in [5.41, 5.74) is 1.33. The van der Waals surface area contributed by atoms with Crippen LogP contribution in [0.25, 0.3) is 0 Å². The highest BCUT2D eigenvalue weighted by Crippen LogP contribution is 2.38. The largest absolute Gasteiger partial charge is 0.393 e. The number of hydrogen-bond acceptors (Lipinski definition) is 3. The molecule has 0 aliphatic heterocycles. The van der Waals surface area contributed by atoms with Crippen molar-refractivity contribution in [2.45, 2.75) is 83.0 Å². The van der Waals surface area contributed by atoms with Crippen molar-refractivity contribution in [1.82, 2.24) is 0 Å². The standard InChI is InChI=1S/C23H37O3P/c1-2-3-4-5-9-12-20-21(23(25)17-22(20)24)16-15-19(26-27)14-13-18-10-7-6-8-11-18/h5-11,19-25H,2-4,12-17,27H2,1H3/b9-5+. The van der Waals surface area contributed by atoms with Gasteiger partial charge in [-0.3, -0.25) is 0 Å². The molecule has 6 atom stereocenters. The zero-order valence-electron chi connectivity index (χ0n) is 16.7. The minimum absolute atomic E-state index is 0.162. The van der Waals surface area contributed by atoms with Crippen LogP contribution in [0, 0.1) is 11.8 Å². The number of hydrogen-bond donors (Lipinski definition) is 2. The molecule has 152 valence electrons. The second kappa shape index (κ2) is 12.7. The average Bonchev–Trinajstić information content (AvgIpc) is 2.95. The first kappa shape index (κ1) is 22.6. The SMILES string of the molecule is CCCC/C=C/CC1C(O)CC(O)C1CCC(CCc1ccccc1)OP. The van der Waals surface area contributed by atoms with Gasteiger partial charge in [0.2, 0.25) is 0 Å². The summed E-state index contributed by atoms with van der Waals surface area (Å²) in [4.78, 5) is 0. The Morgan fingerprint density at radius 2 is 1.85 bits per heavy atom. The Morgan fingerprint density at radius 3 is 2.56 bits per heavy atom. The molecule has 1 fully saturated rings. The van der Waals surface area contributed by atoms with Crippen LogP contribution >= 0.6 is 9.47 Å². The zero-order valence-corrected chi connectivity index (χ0v) is 17.8. The molecule has 27 heavy (non-hydrogen) atoms. The number of unbranched alkanes of at least 4 members (excludes halogenated alkanes) is 2. The van der Waals surface area contributed by atoms with E-state index in [0.29, 0.717) is 6.42 Å². The quantitative estimate of drug-likeness (QED) is 0.297. The molecule has 2 rings (SSSR count). The van der Waals surface area contributed by atoms with Gasteiger partial charge < -0.3 is 14.7 Å². The van der Waals surface area contributed by atoms with Crippen molar-refractivity contribution >= 4 is 9.47 Å². The Labute approximate surface area is 167 Å². The molecular formula is C23H37O3P.